The lowest BCUT2D eigenvalue weighted by Gasteiger charge is -2.26. The van der Waals surface area contributed by atoms with Crippen LogP contribution >= 0.6 is 0 Å². The van der Waals surface area contributed by atoms with E-state index in [4.69, 9.17) is 15.0 Å². The van der Waals surface area contributed by atoms with Crippen LogP contribution in [-0.4, -0.2) is 38.9 Å². The Morgan fingerprint density at radius 2 is 2.00 bits per heavy atom. The average molecular weight is 317 g/mol. The summed E-state index contributed by atoms with van der Waals surface area (Å²) in [6.07, 6.45) is 4.01. The molecule has 0 bridgehead atoms. The fourth-order valence-electron chi connectivity index (χ4n) is 2.59. The Morgan fingerprint density at radius 1 is 1.33 bits per heavy atom. The van der Waals surface area contributed by atoms with Crippen molar-refractivity contribution in [2.24, 2.45) is 5.73 Å². The number of aromatic nitrogens is 1. The first-order valence-electron chi connectivity index (χ1n) is 7.20. The average Bonchev–Trinajstić information content (AvgIpc) is 2.77. The molecular formula is C13H23N3O4S. The molecule has 0 aromatic carbocycles. The molecule has 0 amide bonds. The molecule has 0 spiro atoms. The van der Waals surface area contributed by atoms with Gasteiger partial charge in [-0.05, 0) is 39.5 Å². The molecule has 1 fully saturated rings. The van der Waals surface area contributed by atoms with Gasteiger partial charge in [-0.25, -0.2) is 13.1 Å². The monoisotopic (exact) mass is 317 g/mol. The van der Waals surface area contributed by atoms with E-state index in [9.17, 15) is 8.42 Å². The van der Waals surface area contributed by atoms with Crippen LogP contribution in [-0.2, 0) is 14.8 Å². The largest absolute Gasteiger partial charge is 0.377 e. The summed E-state index contributed by atoms with van der Waals surface area (Å²) in [6, 6.07) is 0.280. The first-order chi connectivity index (χ1) is 9.90. The zero-order chi connectivity index (χ0) is 15.5. The van der Waals surface area contributed by atoms with Gasteiger partial charge in [0.1, 0.15) is 10.6 Å². The number of rotatable bonds is 6. The van der Waals surface area contributed by atoms with Gasteiger partial charge in [0.05, 0.1) is 12.7 Å². The van der Waals surface area contributed by atoms with E-state index in [0.29, 0.717) is 18.1 Å². The predicted octanol–water partition coefficient (Wildman–Crippen LogP) is 0.856. The number of sulfonamides is 1. The SMILES string of the molecule is Cc1noc(C)c1S(=O)(=O)NCCOC1CCC(N)CC1. The van der Waals surface area contributed by atoms with E-state index in [1.54, 1.807) is 13.8 Å². The Hall–Kier alpha value is -0.960. The van der Waals surface area contributed by atoms with Gasteiger partial charge in [0.25, 0.3) is 0 Å². The molecule has 21 heavy (non-hydrogen) atoms. The molecule has 1 saturated carbocycles. The third-order valence-corrected chi connectivity index (χ3v) is 5.41. The fourth-order valence-corrected chi connectivity index (χ4v) is 3.93. The Morgan fingerprint density at radius 3 is 2.57 bits per heavy atom. The van der Waals surface area contributed by atoms with E-state index in [1.165, 1.54) is 0 Å². The maximum Gasteiger partial charge on any atom is 0.246 e. The van der Waals surface area contributed by atoms with Crippen molar-refractivity contribution in [3.05, 3.63) is 11.5 Å². The number of nitrogens with zero attached hydrogens (tertiary/aromatic N) is 1. The van der Waals surface area contributed by atoms with Gasteiger partial charge in [0.15, 0.2) is 5.76 Å². The molecule has 2 rings (SSSR count). The normalized spacial score (nSPS) is 23.4. The molecular weight excluding hydrogens is 294 g/mol. The topological polar surface area (TPSA) is 107 Å². The summed E-state index contributed by atoms with van der Waals surface area (Å²) in [7, 11) is -3.60. The Labute approximate surface area is 125 Å². The van der Waals surface area contributed by atoms with Crippen molar-refractivity contribution in [3.8, 4) is 0 Å². The molecule has 1 heterocycles. The van der Waals surface area contributed by atoms with E-state index < -0.39 is 10.0 Å². The second-order valence-electron chi connectivity index (χ2n) is 5.46. The van der Waals surface area contributed by atoms with Crippen molar-refractivity contribution in [1.82, 2.24) is 9.88 Å². The standard InChI is InChI=1S/C13H23N3O4S/c1-9-13(10(2)20-16-9)21(17,18)15-7-8-19-12-5-3-11(14)4-6-12/h11-12,15H,3-8,14H2,1-2H3. The minimum Gasteiger partial charge on any atom is -0.377 e. The van der Waals surface area contributed by atoms with Gasteiger partial charge in [-0.1, -0.05) is 5.16 Å². The van der Waals surface area contributed by atoms with Crippen molar-refractivity contribution in [1.29, 1.82) is 0 Å². The summed E-state index contributed by atoms with van der Waals surface area (Å²) < 4.78 is 37.4. The molecule has 0 saturated heterocycles. The predicted molar refractivity (Wildman–Crippen MR) is 77.3 cm³/mol. The highest BCUT2D eigenvalue weighted by Gasteiger charge is 2.24. The molecule has 0 unspecified atom stereocenters. The first kappa shape index (κ1) is 16.4. The molecule has 1 aliphatic rings. The van der Waals surface area contributed by atoms with Gasteiger partial charge in [0.2, 0.25) is 10.0 Å². The number of hydrogen-bond donors (Lipinski definition) is 2. The Kier molecular flexibility index (Phi) is 5.37. The lowest BCUT2D eigenvalue weighted by Crippen LogP contribution is -2.33. The minimum atomic E-state index is -3.60. The lowest BCUT2D eigenvalue weighted by molar-refractivity contribution is 0.0287. The zero-order valence-electron chi connectivity index (χ0n) is 12.5. The molecule has 3 N–H and O–H groups in total. The van der Waals surface area contributed by atoms with Crippen LogP contribution in [0.3, 0.4) is 0 Å². The van der Waals surface area contributed by atoms with Crippen molar-refractivity contribution >= 4 is 10.0 Å². The number of nitrogens with two attached hydrogens (primary N) is 1. The molecule has 7 nitrogen and oxygen atoms in total. The van der Waals surface area contributed by atoms with Crippen LogP contribution < -0.4 is 10.5 Å². The maximum atomic E-state index is 12.1. The lowest BCUT2D eigenvalue weighted by atomic mass is 9.94. The van der Waals surface area contributed by atoms with Gasteiger partial charge in [-0.3, -0.25) is 0 Å². The summed E-state index contributed by atoms with van der Waals surface area (Å²) in [4.78, 5) is 0.117. The second-order valence-corrected chi connectivity index (χ2v) is 7.16. The van der Waals surface area contributed by atoms with Crippen molar-refractivity contribution < 1.29 is 17.7 Å². The smallest absolute Gasteiger partial charge is 0.246 e. The summed E-state index contributed by atoms with van der Waals surface area (Å²) in [5.74, 6) is 0.294. The summed E-state index contributed by atoms with van der Waals surface area (Å²) in [5, 5.41) is 3.65. The van der Waals surface area contributed by atoms with Crippen LogP contribution in [0.5, 0.6) is 0 Å². The third-order valence-electron chi connectivity index (χ3n) is 3.70. The van der Waals surface area contributed by atoms with E-state index in [2.05, 4.69) is 9.88 Å². The molecule has 1 aromatic heterocycles. The highest BCUT2D eigenvalue weighted by atomic mass is 32.2. The minimum absolute atomic E-state index is 0.117. The number of ether oxygens (including phenoxy) is 1. The van der Waals surface area contributed by atoms with Crippen molar-refractivity contribution in [2.45, 2.75) is 56.6 Å². The van der Waals surface area contributed by atoms with E-state index in [0.717, 1.165) is 25.7 Å². The number of nitrogens with one attached hydrogen (secondary N) is 1. The number of hydrogen-bond acceptors (Lipinski definition) is 6. The second kappa shape index (κ2) is 6.87. The van der Waals surface area contributed by atoms with Crippen LogP contribution in [0.15, 0.2) is 9.42 Å². The van der Waals surface area contributed by atoms with E-state index in [1.807, 2.05) is 0 Å². The van der Waals surface area contributed by atoms with Crippen LogP contribution in [0.2, 0.25) is 0 Å². The fraction of sp³-hybridized carbons (Fsp3) is 0.769. The van der Waals surface area contributed by atoms with Gasteiger partial charge in [-0.2, -0.15) is 0 Å². The molecule has 1 aliphatic carbocycles. The van der Waals surface area contributed by atoms with Crippen molar-refractivity contribution in [2.75, 3.05) is 13.2 Å². The zero-order valence-corrected chi connectivity index (χ0v) is 13.3. The van der Waals surface area contributed by atoms with E-state index in [-0.39, 0.29) is 23.6 Å². The van der Waals surface area contributed by atoms with Crippen LogP contribution in [0, 0.1) is 13.8 Å². The molecule has 120 valence electrons. The quantitative estimate of drug-likeness (QED) is 0.753. The van der Waals surface area contributed by atoms with Crippen molar-refractivity contribution in [3.63, 3.8) is 0 Å². The molecule has 0 atom stereocenters. The van der Waals surface area contributed by atoms with E-state index >= 15 is 0 Å². The maximum absolute atomic E-state index is 12.1. The van der Waals surface area contributed by atoms with Crippen LogP contribution in [0.1, 0.15) is 37.1 Å². The van der Waals surface area contributed by atoms with Crippen LogP contribution in [0.4, 0.5) is 0 Å². The summed E-state index contributed by atoms with van der Waals surface area (Å²) in [5.41, 5.74) is 6.19. The Balaban J connectivity index is 1.78. The molecule has 8 heteroatoms. The van der Waals surface area contributed by atoms with Gasteiger partial charge in [0, 0.05) is 12.6 Å². The summed E-state index contributed by atoms with van der Waals surface area (Å²) >= 11 is 0. The van der Waals surface area contributed by atoms with Gasteiger partial charge < -0.3 is 15.0 Å². The molecule has 1 aromatic rings. The van der Waals surface area contributed by atoms with Crippen LogP contribution in [0.25, 0.3) is 0 Å². The molecule has 0 radical (unpaired) electrons. The highest BCUT2D eigenvalue weighted by Crippen LogP contribution is 2.20. The third kappa shape index (κ3) is 4.26. The number of aryl methyl sites for hydroxylation is 2. The van der Waals surface area contributed by atoms with Gasteiger partial charge in [-0.15, -0.1) is 0 Å². The molecule has 0 aliphatic heterocycles. The highest BCUT2D eigenvalue weighted by molar-refractivity contribution is 7.89. The summed E-state index contributed by atoms with van der Waals surface area (Å²) in [6.45, 7) is 3.76. The Bertz CT molecular complexity index is 542. The first-order valence-corrected chi connectivity index (χ1v) is 8.68. The van der Waals surface area contributed by atoms with Gasteiger partial charge >= 0.3 is 0 Å².